The fraction of sp³-hybridized carbons (Fsp3) is 0.524. The molecule has 0 aromatic heterocycles. The van der Waals surface area contributed by atoms with Gasteiger partial charge in [-0.25, -0.2) is 4.79 Å². The second-order valence-electron chi connectivity index (χ2n) is 7.61. The van der Waals surface area contributed by atoms with Gasteiger partial charge in [-0.1, -0.05) is 43.2 Å². The van der Waals surface area contributed by atoms with Crippen LogP contribution in [0.5, 0.6) is 0 Å². The zero-order valence-corrected chi connectivity index (χ0v) is 16.3. The molecular formula is C21H27N3O5. The minimum absolute atomic E-state index is 0.103. The fourth-order valence-corrected chi connectivity index (χ4v) is 3.29. The van der Waals surface area contributed by atoms with E-state index in [4.69, 9.17) is 4.74 Å². The summed E-state index contributed by atoms with van der Waals surface area (Å²) < 4.78 is 5.21. The number of ketones is 1. The third kappa shape index (κ3) is 6.58. The van der Waals surface area contributed by atoms with Crippen molar-refractivity contribution >= 4 is 23.7 Å². The molecule has 2 unspecified atom stereocenters. The van der Waals surface area contributed by atoms with Crippen molar-refractivity contribution in [2.45, 2.75) is 57.2 Å². The molecule has 8 heteroatoms. The Hall–Kier alpha value is -2.90. The summed E-state index contributed by atoms with van der Waals surface area (Å²) in [7, 11) is 0. The second kappa shape index (κ2) is 10.0. The monoisotopic (exact) mass is 401 g/mol. The Bertz CT molecular complexity index is 748. The lowest BCUT2D eigenvalue weighted by molar-refractivity contribution is -0.140. The van der Waals surface area contributed by atoms with Crippen LogP contribution in [0.4, 0.5) is 4.79 Å². The van der Waals surface area contributed by atoms with Crippen molar-refractivity contribution in [3.05, 3.63) is 35.9 Å². The molecular weight excluding hydrogens is 374 g/mol. The third-order valence-electron chi connectivity index (χ3n) is 5.15. The number of carbonyl (C=O) groups excluding carboxylic acids is 4. The number of ether oxygens (including phenoxy) is 1. The van der Waals surface area contributed by atoms with Gasteiger partial charge >= 0.3 is 6.09 Å². The van der Waals surface area contributed by atoms with Gasteiger partial charge in [-0.15, -0.1) is 0 Å². The van der Waals surface area contributed by atoms with Crippen LogP contribution in [0.3, 0.4) is 0 Å². The molecule has 156 valence electrons. The Balaban J connectivity index is 1.56. The SMILES string of the molecule is O=C(NC(CC1CC1)C(=O)NC1CCCCNC(=O)C1=O)OCc1ccccc1. The number of rotatable bonds is 7. The molecule has 2 atom stereocenters. The maximum absolute atomic E-state index is 12.8. The summed E-state index contributed by atoms with van der Waals surface area (Å²) in [5.41, 5.74) is 0.844. The van der Waals surface area contributed by atoms with Crippen molar-refractivity contribution in [1.82, 2.24) is 16.0 Å². The van der Waals surface area contributed by atoms with E-state index in [0.29, 0.717) is 25.3 Å². The van der Waals surface area contributed by atoms with Crippen LogP contribution in [0.1, 0.15) is 44.1 Å². The first kappa shape index (κ1) is 20.8. The lowest BCUT2D eigenvalue weighted by Gasteiger charge is -2.23. The van der Waals surface area contributed by atoms with Crippen LogP contribution in [0.25, 0.3) is 0 Å². The summed E-state index contributed by atoms with van der Waals surface area (Å²) in [6.07, 6.45) is 3.70. The number of amides is 3. The Labute approximate surface area is 169 Å². The van der Waals surface area contributed by atoms with Gasteiger partial charge in [0.1, 0.15) is 12.6 Å². The van der Waals surface area contributed by atoms with Crippen molar-refractivity contribution in [2.24, 2.45) is 5.92 Å². The van der Waals surface area contributed by atoms with Gasteiger partial charge in [-0.2, -0.15) is 0 Å². The molecule has 3 amide bonds. The summed E-state index contributed by atoms with van der Waals surface area (Å²) in [5.74, 6) is -1.41. The summed E-state index contributed by atoms with van der Waals surface area (Å²) >= 11 is 0. The Morgan fingerprint density at radius 3 is 2.59 bits per heavy atom. The van der Waals surface area contributed by atoms with E-state index in [9.17, 15) is 19.2 Å². The van der Waals surface area contributed by atoms with Gasteiger partial charge in [0.25, 0.3) is 5.91 Å². The first-order valence-electron chi connectivity index (χ1n) is 10.1. The van der Waals surface area contributed by atoms with Gasteiger partial charge in [0.15, 0.2) is 0 Å². The average Bonchev–Trinajstić information content (AvgIpc) is 3.54. The fourth-order valence-electron chi connectivity index (χ4n) is 3.29. The maximum atomic E-state index is 12.8. The first-order valence-corrected chi connectivity index (χ1v) is 10.1. The van der Waals surface area contributed by atoms with Gasteiger partial charge in [0, 0.05) is 6.54 Å². The summed E-state index contributed by atoms with van der Waals surface area (Å²) in [5, 5.41) is 7.82. The van der Waals surface area contributed by atoms with Crippen molar-refractivity contribution in [3.63, 3.8) is 0 Å². The van der Waals surface area contributed by atoms with Crippen molar-refractivity contribution < 1.29 is 23.9 Å². The normalized spacial score (nSPS) is 20.6. The highest BCUT2D eigenvalue weighted by Crippen LogP contribution is 2.33. The summed E-state index contributed by atoms with van der Waals surface area (Å²) in [4.78, 5) is 49.0. The Morgan fingerprint density at radius 2 is 1.86 bits per heavy atom. The third-order valence-corrected chi connectivity index (χ3v) is 5.15. The number of carbonyl (C=O) groups is 4. The van der Waals surface area contributed by atoms with Crippen LogP contribution in [-0.4, -0.2) is 42.3 Å². The van der Waals surface area contributed by atoms with Crippen LogP contribution in [0.2, 0.25) is 0 Å². The minimum atomic E-state index is -0.869. The topological polar surface area (TPSA) is 114 Å². The zero-order chi connectivity index (χ0) is 20.6. The molecule has 1 saturated heterocycles. The summed E-state index contributed by atoms with van der Waals surface area (Å²) in [6.45, 7) is 0.566. The van der Waals surface area contributed by atoms with Crippen LogP contribution in [0.15, 0.2) is 30.3 Å². The standard InChI is InChI=1S/C21H27N3O5/c25-18-16(8-4-5-11-22-20(18)27)23-19(26)17(12-14-9-10-14)24-21(28)29-13-15-6-2-1-3-7-15/h1-3,6-7,14,16-17H,4-5,8-13H2,(H,22,27)(H,23,26)(H,24,28). The number of nitrogens with one attached hydrogen (secondary N) is 3. The highest BCUT2D eigenvalue weighted by atomic mass is 16.5. The molecule has 1 aliphatic heterocycles. The molecule has 0 spiro atoms. The van der Waals surface area contributed by atoms with E-state index in [1.807, 2.05) is 30.3 Å². The van der Waals surface area contributed by atoms with Crippen LogP contribution < -0.4 is 16.0 Å². The van der Waals surface area contributed by atoms with E-state index >= 15 is 0 Å². The largest absolute Gasteiger partial charge is 0.445 e. The van der Waals surface area contributed by atoms with E-state index in [-0.39, 0.29) is 6.61 Å². The lowest BCUT2D eigenvalue weighted by Crippen LogP contribution is -2.54. The van der Waals surface area contributed by atoms with E-state index < -0.39 is 35.8 Å². The van der Waals surface area contributed by atoms with Gasteiger partial charge in [0.2, 0.25) is 11.7 Å². The molecule has 1 aromatic carbocycles. The first-order chi connectivity index (χ1) is 14.0. The molecule has 3 N–H and O–H groups in total. The molecule has 3 rings (SSSR count). The van der Waals surface area contributed by atoms with E-state index in [2.05, 4.69) is 16.0 Å². The van der Waals surface area contributed by atoms with E-state index in [0.717, 1.165) is 31.2 Å². The molecule has 1 aromatic rings. The number of alkyl carbamates (subject to hydrolysis) is 1. The van der Waals surface area contributed by atoms with Crippen molar-refractivity contribution in [3.8, 4) is 0 Å². The molecule has 2 fully saturated rings. The molecule has 1 saturated carbocycles. The van der Waals surface area contributed by atoms with Gasteiger partial charge in [-0.3, -0.25) is 14.4 Å². The summed E-state index contributed by atoms with van der Waals surface area (Å²) in [6, 6.07) is 7.58. The minimum Gasteiger partial charge on any atom is -0.445 e. The lowest BCUT2D eigenvalue weighted by atomic mass is 10.0. The van der Waals surface area contributed by atoms with Crippen molar-refractivity contribution in [1.29, 1.82) is 0 Å². The molecule has 1 heterocycles. The molecule has 0 bridgehead atoms. The predicted molar refractivity (Wildman–Crippen MR) is 105 cm³/mol. The highest BCUT2D eigenvalue weighted by Gasteiger charge is 2.34. The molecule has 1 aliphatic carbocycles. The smallest absolute Gasteiger partial charge is 0.408 e. The van der Waals surface area contributed by atoms with Crippen LogP contribution in [-0.2, 0) is 25.7 Å². The molecule has 8 nitrogen and oxygen atoms in total. The van der Waals surface area contributed by atoms with Crippen molar-refractivity contribution in [2.75, 3.05) is 6.54 Å². The molecule has 2 aliphatic rings. The zero-order valence-electron chi connectivity index (χ0n) is 16.3. The van der Waals surface area contributed by atoms with Gasteiger partial charge in [0.05, 0.1) is 6.04 Å². The molecule has 29 heavy (non-hydrogen) atoms. The number of hydrogen-bond donors (Lipinski definition) is 3. The van der Waals surface area contributed by atoms with Gasteiger partial charge < -0.3 is 20.7 Å². The number of Topliss-reactive ketones (excluding diaryl/α,β-unsaturated/α-hetero) is 1. The highest BCUT2D eigenvalue weighted by molar-refractivity contribution is 6.38. The average molecular weight is 401 g/mol. The van der Waals surface area contributed by atoms with Crippen LogP contribution in [0, 0.1) is 5.92 Å². The van der Waals surface area contributed by atoms with Crippen LogP contribution >= 0.6 is 0 Å². The van der Waals surface area contributed by atoms with Gasteiger partial charge in [-0.05, 0) is 37.2 Å². The van der Waals surface area contributed by atoms with E-state index in [1.54, 1.807) is 0 Å². The van der Waals surface area contributed by atoms with E-state index in [1.165, 1.54) is 0 Å². The number of hydrogen-bond acceptors (Lipinski definition) is 5. The maximum Gasteiger partial charge on any atom is 0.408 e. The predicted octanol–water partition coefficient (Wildman–Crippen LogP) is 1.44. The second-order valence-corrected chi connectivity index (χ2v) is 7.61. The molecule has 0 radical (unpaired) electrons. The number of benzene rings is 1. The Kier molecular flexibility index (Phi) is 7.21. The Morgan fingerprint density at radius 1 is 1.10 bits per heavy atom. The quantitative estimate of drug-likeness (QED) is 0.598.